The molecule has 7 nitrogen and oxygen atoms in total. The van der Waals surface area contributed by atoms with Gasteiger partial charge in [0.05, 0.1) is 10.5 Å². The van der Waals surface area contributed by atoms with Crippen LogP contribution in [0, 0.1) is 12.7 Å². The fourth-order valence-electron chi connectivity index (χ4n) is 4.58. The summed E-state index contributed by atoms with van der Waals surface area (Å²) >= 11 is 6.70. The number of halogens is 1. The average Bonchev–Trinajstić information content (AvgIpc) is 3.17. The van der Waals surface area contributed by atoms with Crippen LogP contribution in [-0.2, 0) is 4.79 Å². The van der Waals surface area contributed by atoms with Crippen molar-refractivity contribution in [2.45, 2.75) is 26.7 Å². The Morgan fingerprint density at radius 3 is 2.46 bits per heavy atom. The number of hydrogen-bond donors (Lipinski definition) is 0. The molecular formula is C27H28FN5O2S2. The highest BCUT2D eigenvalue weighted by atomic mass is 32.2. The highest BCUT2D eigenvalue weighted by Gasteiger charge is 2.32. The van der Waals surface area contributed by atoms with E-state index in [0.29, 0.717) is 59.0 Å². The van der Waals surface area contributed by atoms with Crippen molar-refractivity contribution < 1.29 is 9.18 Å². The van der Waals surface area contributed by atoms with Gasteiger partial charge in [0.2, 0.25) is 0 Å². The summed E-state index contributed by atoms with van der Waals surface area (Å²) in [6.45, 7) is 7.21. The second kappa shape index (κ2) is 10.6. The highest BCUT2D eigenvalue weighted by Crippen LogP contribution is 2.34. The van der Waals surface area contributed by atoms with Gasteiger partial charge >= 0.3 is 0 Å². The minimum Gasteiger partial charge on any atom is -0.368 e. The van der Waals surface area contributed by atoms with Gasteiger partial charge in [0.15, 0.2) is 0 Å². The Balaban J connectivity index is 1.51. The summed E-state index contributed by atoms with van der Waals surface area (Å²) in [5.41, 5.74) is 2.62. The molecule has 0 N–H and O–H groups in total. The Kier molecular flexibility index (Phi) is 7.30. The van der Waals surface area contributed by atoms with Crippen molar-refractivity contribution in [1.29, 1.82) is 0 Å². The largest absolute Gasteiger partial charge is 0.368 e. The van der Waals surface area contributed by atoms with Crippen molar-refractivity contribution in [3.05, 3.63) is 74.8 Å². The summed E-state index contributed by atoms with van der Waals surface area (Å²) in [5, 5.41) is 0. The van der Waals surface area contributed by atoms with E-state index in [2.05, 4.69) is 16.7 Å². The third-order valence-electron chi connectivity index (χ3n) is 6.64. The first-order valence-electron chi connectivity index (χ1n) is 12.4. The molecule has 10 heteroatoms. The third-order valence-corrected chi connectivity index (χ3v) is 8.02. The van der Waals surface area contributed by atoms with Crippen LogP contribution < -0.4 is 15.4 Å². The fourth-order valence-corrected chi connectivity index (χ4v) is 5.87. The molecule has 0 saturated carbocycles. The molecule has 0 radical (unpaired) electrons. The maximum Gasteiger partial charge on any atom is 0.267 e. The van der Waals surface area contributed by atoms with Crippen LogP contribution in [0.15, 0.2) is 52.3 Å². The van der Waals surface area contributed by atoms with Crippen LogP contribution in [-0.4, -0.2) is 57.2 Å². The molecule has 192 valence electrons. The second-order valence-electron chi connectivity index (χ2n) is 9.23. The maximum absolute atomic E-state index is 13.7. The van der Waals surface area contributed by atoms with Gasteiger partial charge in [-0.05, 0) is 55.3 Å². The quantitative estimate of drug-likeness (QED) is 0.340. The lowest BCUT2D eigenvalue weighted by atomic mass is 10.2. The van der Waals surface area contributed by atoms with E-state index in [1.807, 2.05) is 19.1 Å². The van der Waals surface area contributed by atoms with Crippen LogP contribution in [0.3, 0.4) is 0 Å². The SMILES string of the molecule is CCCCN1C(=O)C(=Cc2c(N3CCN(c4ccc(F)cc4)CC3)nc3ccc(C)cn3c2=O)SC1=S. The molecule has 2 aromatic heterocycles. The number of pyridine rings is 1. The van der Waals surface area contributed by atoms with Crippen LogP contribution in [0.1, 0.15) is 30.9 Å². The molecule has 4 heterocycles. The van der Waals surface area contributed by atoms with Gasteiger partial charge in [-0.2, -0.15) is 0 Å². The van der Waals surface area contributed by atoms with Gasteiger partial charge in [-0.1, -0.05) is 43.4 Å². The minimum absolute atomic E-state index is 0.163. The molecule has 3 aromatic rings. The van der Waals surface area contributed by atoms with Gasteiger partial charge in [-0.15, -0.1) is 0 Å². The smallest absolute Gasteiger partial charge is 0.267 e. The van der Waals surface area contributed by atoms with Gasteiger partial charge in [0.25, 0.3) is 11.5 Å². The number of amides is 1. The topological polar surface area (TPSA) is 61.2 Å². The van der Waals surface area contributed by atoms with E-state index in [1.165, 1.54) is 28.3 Å². The number of rotatable bonds is 6. The van der Waals surface area contributed by atoms with E-state index in [-0.39, 0.29) is 17.3 Å². The fraction of sp³-hybridized carbons (Fsp3) is 0.333. The lowest BCUT2D eigenvalue weighted by Crippen LogP contribution is -2.47. The zero-order chi connectivity index (χ0) is 26.1. The Labute approximate surface area is 224 Å². The molecule has 0 aliphatic carbocycles. The van der Waals surface area contributed by atoms with Gasteiger partial charge in [-0.25, -0.2) is 9.37 Å². The van der Waals surface area contributed by atoms with Crippen molar-refractivity contribution >= 4 is 57.4 Å². The molecule has 37 heavy (non-hydrogen) atoms. The molecule has 2 aliphatic heterocycles. The number of thiocarbonyl (C=S) groups is 1. The zero-order valence-corrected chi connectivity index (χ0v) is 22.4. The first-order valence-corrected chi connectivity index (χ1v) is 13.6. The number of aromatic nitrogens is 2. The molecule has 0 spiro atoms. The Bertz CT molecular complexity index is 1450. The molecule has 1 amide bonds. The Morgan fingerprint density at radius 1 is 1.05 bits per heavy atom. The summed E-state index contributed by atoms with van der Waals surface area (Å²) in [7, 11) is 0. The van der Waals surface area contributed by atoms with Crippen molar-refractivity contribution in [2.24, 2.45) is 0 Å². The van der Waals surface area contributed by atoms with E-state index >= 15 is 0 Å². The summed E-state index contributed by atoms with van der Waals surface area (Å²) in [5.74, 6) is 0.138. The van der Waals surface area contributed by atoms with Gasteiger partial charge in [0.1, 0.15) is 21.6 Å². The number of piperazine rings is 1. The average molecular weight is 538 g/mol. The number of aryl methyl sites for hydroxylation is 1. The van der Waals surface area contributed by atoms with Crippen LogP contribution in [0.2, 0.25) is 0 Å². The third kappa shape index (κ3) is 5.13. The predicted molar refractivity (Wildman–Crippen MR) is 152 cm³/mol. The number of thioether (sulfide) groups is 1. The molecule has 2 fully saturated rings. The molecule has 1 aromatic carbocycles. The number of fused-ring (bicyclic) bond motifs is 1. The van der Waals surface area contributed by atoms with Gasteiger partial charge < -0.3 is 9.80 Å². The first-order chi connectivity index (χ1) is 17.9. The van der Waals surface area contributed by atoms with Gasteiger partial charge in [-0.3, -0.25) is 18.9 Å². The predicted octanol–water partition coefficient (Wildman–Crippen LogP) is 4.47. The van der Waals surface area contributed by atoms with Crippen LogP contribution in [0.4, 0.5) is 15.9 Å². The van der Waals surface area contributed by atoms with E-state index in [0.717, 1.165) is 24.1 Å². The van der Waals surface area contributed by atoms with Crippen molar-refractivity contribution in [1.82, 2.24) is 14.3 Å². The normalized spacial score (nSPS) is 17.5. The van der Waals surface area contributed by atoms with E-state index < -0.39 is 0 Å². The van der Waals surface area contributed by atoms with Crippen molar-refractivity contribution in [3.8, 4) is 0 Å². The molecule has 0 bridgehead atoms. The molecule has 2 saturated heterocycles. The molecular weight excluding hydrogens is 509 g/mol. The number of carbonyl (C=O) groups is 1. The number of benzene rings is 1. The van der Waals surface area contributed by atoms with Crippen LogP contribution in [0.5, 0.6) is 0 Å². The van der Waals surface area contributed by atoms with E-state index in [4.69, 9.17) is 17.2 Å². The minimum atomic E-state index is -0.261. The number of nitrogens with zero attached hydrogens (tertiary/aromatic N) is 5. The Morgan fingerprint density at radius 2 is 1.76 bits per heavy atom. The zero-order valence-electron chi connectivity index (χ0n) is 20.8. The van der Waals surface area contributed by atoms with Gasteiger partial charge in [0, 0.05) is 44.6 Å². The molecule has 5 rings (SSSR count). The summed E-state index contributed by atoms with van der Waals surface area (Å²) < 4.78 is 15.4. The monoisotopic (exact) mass is 537 g/mol. The van der Waals surface area contributed by atoms with Crippen LogP contribution >= 0.6 is 24.0 Å². The number of unbranched alkanes of at least 4 members (excludes halogenated alkanes) is 1. The summed E-state index contributed by atoms with van der Waals surface area (Å²) in [6.07, 6.45) is 5.25. The lowest BCUT2D eigenvalue weighted by Gasteiger charge is -2.37. The Hall–Kier alpha value is -3.24. The van der Waals surface area contributed by atoms with E-state index in [9.17, 15) is 14.0 Å². The van der Waals surface area contributed by atoms with Crippen LogP contribution in [0.25, 0.3) is 11.7 Å². The molecule has 0 unspecified atom stereocenters. The summed E-state index contributed by atoms with van der Waals surface area (Å²) in [4.78, 5) is 38.1. The van der Waals surface area contributed by atoms with Crippen molar-refractivity contribution in [2.75, 3.05) is 42.5 Å². The van der Waals surface area contributed by atoms with Crippen molar-refractivity contribution in [3.63, 3.8) is 0 Å². The standard InChI is InChI=1S/C27H28FN5O2S2/c1-3-4-11-32-26(35)22(37-27(32)36)16-21-24(29-23-10-5-18(2)17-33(23)25(21)34)31-14-12-30(13-15-31)20-8-6-19(28)7-9-20/h5-10,16-17H,3-4,11-15H2,1-2H3. The number of hydrogen-bond acceptors (Lipinski definition) is 7. The molecule has 0 atom stereocenters. The lowest BCUT2D eigenvalue weighted by molar-refractivity contribution is -0.122. The van der Waals surface area contributed by atoms with E-state index in [1.54, 1.807) is 29.3 Å². The number of anilines is 2. The maximum atomic E-state index is 13.7. The second-order valence-corrected chi connectivity index (χ2v) is 10.9. The number of carbonyl (C=O) groups excluding carboxylic acids is 1. The summed E-state index contributed by atoms with van der Waals surface area (Å²) in [6, 6.07) is 10.2. The first kappa shape index (κ1) is 25.4. The molecule has 2 aliphatic rings. The highest BCUT2D eigenvalue weighted by molar-refractivity contribution is 8.26.